The fourth-order valence-corrected chi connectivity index (χ4v) is 6.55. The summed E-state index contributed by atoms with van der Waals surface area (Å²) < 4.78 is 1.39. The predicted octanol–water partition coefficient (Wildman–Crippen LogP) is 2.93. The van der Waals surface area contributed by atoms with Crippen LogP contribution in [-0.4, -0.2) is 12.2 Å². The third-order valence-corrected chi connectivity index (χ3v) is 9.76. The summed E-state index contributed by atoms with van der Waals surface area (Å²) in [5.41, 5.74) is 0. The van der Waals surface area contributed by atoms with Crippen LogP contribution in [0.1, 0.15) is 26.7 Å². The van der Waals surface area contributed by atoms with Crippen LogP contribution in [0, 0.1) is 5.92 Å². The quantitative estimate of drug-likeness (QED) is 0.511. The zero-order valence-electron chi connectivity index (χ0n) is 7.75. The van der Waals surface area contributed by atoms with Gasteiger partial charge >= 0.3 is 92.6 Å². The summed E-state index contributed by atoms with van der Waals surface area (Å²) in [7, 11) is 0. The Balaban J connectivity index is 2.17. The Bertz CT molecular complexity index is 132. The van der Waals surface area contributed by atoms with E-state index in [0.29, 0.717) is 18.1 Å². The summed E-state index contributed by atoms with van der Waals surface area (Å²) >= 11 is 3.03. The Morgan fingerprint density at radius 2 is 2.25 bits per heavy atom. The molecule has 0 bridgehead atoms. The number of halogens is 1. The molecule has 1 aliphatic rings. The summed E-state index contributed by atoms with van der Waals surface area (Å²) in [6.07, 6.45) is 3.02. The molecule has 68 valence electrons. The van der Waals surface area contributed by atoms with Crippen molar-refractivity contribution in [3.63, 3.8) is 0 Å². The van der Waals surface area contributed by atoms with Crippen molar-refractivity contribution in [2.45, 2.75) is 42.8 Å². The molecule has 0 N–H and O–H groups in total. The third kappa shape index (κ3) is 3.60. The van der Waals surface area contributed by atoms with Crippen LogP contribution in [-0.2, 0) is 31.9 Å². The van der Waals surface area contributed by atoms with Gasteiger partial charge in [-0.05, 0) is 0 Å². The van der Waals surface area contributed by atoms with E-state index < -0.39 is 22.1 Å². The van der Waals surface area contributed by atoms with E-state index in [4.69, 9.17) is 9.78 Å². The third-order valence-electron chi connectivity index (χ3n) is 2.21. The van der Waals surface area contributed by atoms with Crippen molar-refractivity contribution in [1.82, 2.24) is 0 Å². The molecular weight excluding hydrogens is 409 g/mol. The zero-order chi connectivity index (χ0) is 8.97. The molecule has 0 amide bonds. The van der Waals surface area contributed by atoms with Crippen LogP contribution < -0.4 is 0 Å². The Morgan fingerprint density at radius 3 is 2.75 bits per heavy atom. The monoisotopic (exact) mass is 424 g/mol. The van der Waals surface area contributed by atoms with Gasteiger partial charge < -0.3 is 0 Å². The van der Waals surface area contributed by atoms with Gasteiger partial charge in [0.25, 0.3) is 0 Å². The molecule has 1 rings (SSSR count). The van der Waals surface area contributed by atoms with Gasteiger partial charge in [-0.3, -0.25) is 0 Å². The van der Waals surface area contributed by atoms with Crippen LogP contribution in [0.4, 0.5) is 0 Å². The van der Waals surface area contributed by atoms with Crippen molar-refractivity contribution in [3.8, 4) is 0 Å². The molecule has 1 fully saturated rings. The first-order chi connectivity index (χ1) is 5.74. The molecule has 0 saturated carbocycles. The fourth-order valence-electron chi connectivity index (χ4n) is 1.34. The van der Waals surface area contributed by atoms with Gasteiger partial charge in [-0.1, -0.05) is 0 Å². The first-order valence-electron chi connectivity index (χ1n) is 4.62. The average Bonchev–Trinajstić information content (AvgIpc) is 2.48. The maximum atomic E-state index is 5.24. The van der Waals surface area contributed by atoms with Crippen molar-refractivity contribution in [1.29, 1.82) is 0 Å². The van der Waals surface area contributed by atoms with Gasteiger partial charge in [-0.2, -0.15) is 0 Å². The van der Waals surface area contributed by atoms with E-state index in [-0.39, 0.29) is 0 Å². The van der Waals surface area contributed by atoms with Gasteiger partial charge in [0.1, 0.15) is 0 Å². The molecule has 0 aromatic rings. The molecule has 2 unspecified atom stereocenters. The van der Waals surface area contributed by atoms with E-state index >= 15 is 0 Å². The van der Waals surface area contributed by atoms with Crippen molar-refractivity contribution in [3.05, 3.63) is 0 Å². The van der Waals surface area contributed by atoms with Gasteiger partial charge in [-0.25, -0.2) is 0 Å². The summed E-state index contributed by atoms with van der Waals surface area (Å²) in [5, 5.41) is 0. The van der Waals surface area contributed by atoms with Crippen molar-refractivity contribution in [2.75, 3.05) is 0 Å². The van der Waals surface area contributed by atoms with Gasteiger partial charge in [0.2, 0.25) is 0 Å². The predicted molar refractivity (Wildman–Crippen MR) is 47.6 cm³/mol. The molecule has 0 aromatic carbocycles. The van der Waals surface area contributed by atoms with E-state index in [1.807, 2.05) is 0 Å². The molecule has 2 nitrogen and oxygen atoms in total. The van der Waals surface area contributed by atoms with Gasteiger partial charge in [0.15, 0.2) is 0 Å². The maximum absolute atomic E-state index is 5.24. The molecule has 0 aromatic heterocycles. The first-order valence-corrected chi connectivity index (χ1v) is 20.4. The second-order valence-corrected chi connectivity index (χ2v) is 14.8. The SMILES string of the molecule is CC(C)C1CC(C[CH2][Hg][Br])OO1. The van der Waals surface area contributed by atoms with E-state index in [0.717, 1.165) is 6.42 Å². The van der Waals surface area contributed by atoms with Crippen LogP contribution in [0.2, 0.25) is 3.93 Å². The molecule has 0 aliphatic carbocycles. The summed E-state index contributed by atoms with van der Waals surface area (Å²) in [6.45, 7) is 4.36. The number of hydrogen-bond donors (Lipinski definition) is 0. The van der Waals surface area contributed by atoms with Crippen LogP contribution in [0.25, 0.3) is 0 Å². The Labute approximate surface area is 92.0 Å². The Hall–Kier alpha value is 1.34. The molecule has 0 radical (unpaired) electrons. The van der Waals surface area contributed by atoms with Gasteiger partial charge in [0.05, 0.1) is 0 Å². The minimum atomic E-state index is -0.599. The van der Waals surface area contributed by atoms with E-state index in [1.165, 1.54) is 10.4 Å². The molecule has 1 aliphatic heterocycles. The minimum absolute atomic E-state index is 0.335. The molecule has 12 heavy (non-hydrogen) atoms. The summed E-state index contributed by atoms with van der Waals surface area (Å²) in [5.74, 6) is 0.587. The average molecular weight is 424 g/mol. The molecule has 1 saturated heterocycles. The van der Waals surface area contributed by atoms with Crippen LogP contribution in [0.15, 0.2) is 0 Å². The van der Waals surface area contributed by atoms with Crippen LogP contribution in [0.5, 0.6) is 0 Å². The normalized spacial score (nSPS) is 29.3. The molecule has 4 heteroatoms. The van der Waals surface area contributed by atoms with Gasteiger partial charge in [0, 0.05) is 0 Å². The van der Waals surface area contributed by atoms with Crippen molar-refractivity contribution >= 4 is 11.9 Å². The molecule has 2 atom stereocenters. The van der Waals surface area contributed by atoms with E-state index in [9.17, 15) is 0 Å². The van der Waals surface area contributed by atoms with Crippen LogP contribution >= 0.6 is 11.9 Å². The number of rotatable bonds is 4. The number of hydrogen-bond acceptors (Lipinski definition) is 2. The van der Waals surface area contributed by atoms with Crippen molar-refractivity contribution < 1.29 is 31.9 Å². The van der Waals surface area contributed by atoms with Gasteiger partial charge in [-0.15, -0.1) is 0 Å². The van der Waals surface area contributed by atoms with Crippen LogP contribution in [0.3, 0.4) is 0 Å². The fraction of sp³-hybridized carbons (Fsp3) is 1.00. The van der Waals surface area contributed by atoms with E-state index in [1.54, 1.807) is 0 Å². The Morgan fingerprint density at radius 1 is 1.50 bits per heavy atom. The topological polar surface area (TPSA) is 18.5 Å². The zero-order valence-corrected chi connectivity index (χ0v) is 14.8. The second kappa shape index (κ2) is 5.94. The molecule has 0 spiro atoms. The van der Waals surface area contributed by atoms with E-state index in [2.05, 4.69) is 25.8 Å². The molecule has 1 heterocycles. The summed E-state index contributed by atoms with van der Waals surface area (Å²) in [4.78, 5) is 10.5. The van der Waals surface area contributed by atoms with Crippen molar-refractivity contribution in [2.24, 2.45) is 5.92 Å². The second-order valence-electron chi connectivity index (χ2n) is 3.66. The Kier molecular flexibility index (Phi) is 5.65. The summed E-state index contributed by atoms with van der Waals surface area (Å²) in [6, 6.07) is 0. The molecular formula is C8H15BrHgO2. The standard InChI is InChI=1S/C8H15O2.BrH.Hg/c1-4-7-5-8(6(2)3)10-9-7;;/h6-8H,1,4-5H2,2-3H3;1H;/q;;+1/p-1. The first kappa shape index (κ1) is 11.4.